The first-order chi connectivity index (χ1) is 10.1. The Labute approximate surface area is 124 Å². The minimum atomic E-state index is -0.265. The zero-order chi connectivity index (χ0) is 14.8. The molecule has 114 valence electrons. The lowest BCUT2D eigenvalue weighted by molar-refractivity contribution is -0.114. The van der Waals surface area contributed by atoms with Crippen molar-refractivity contribution in [2.24, 2.45) is 0 Å². The van der Waals surface area contributed by atoms with Crippen LogP contribution in [0, 0.1) is 5.82 Å². The molecular formula is C16H22FN3O. The van der Waals surface area contributed by atoms with Crippen LogP contribution in [0.25, 0.3) is 0 Å². The highest BCUT2D eigenvalue weighted by Crippen LogP contribution is 2.30. The third kappa shape index (κ3) is 3.18. The first-order valence-corrected chi connectivity index (χ1v) is 7.71. The average molecular weight is 291 g/mol. The summed E-state index contributed by atoms with van der Waals surface area (Å²) in [5, 5.41) is 6.05. The van der Waals surface area contributed by atoms with Crippen molar-refractivity contribution in [3.8, 4) is 0 Å². The van der Waals surface area contributed by atoms with E-state index in [0.717, 1.165) is 19.5 Å². The topological polar surface area (TPSA) is 44.4 Å². The lowest BCUT2D eigenvalue weighted by atomic mass is 9.99. The van der Waals surface area contributed by atoms with Crippen LogP contribution in [0.3, 0.4) is 0 Å². The quantitative estimate of drug-likeness (QED) is 0.900. The minimum Gasteiger partial charge on any atom is -0.378 e. The molecule has 3 rings (SSSR count). The van der Waals surface area contributed by atoms with Gasteiger partial charge in [-0.15, -0.1) is 0 Å². The van der Waals surface area contributed by atoms with Gasteiger partial charge in [0.05, 0.1) is 5.69 Å². The van der Waals surface area contributed by atoms with Gasteiger partial charge in [-0.1, -0.05) is 6.42 Å². The number of benzene rings is 1. The fourth-order valence-corrected chi connectivity index (χ4v) is 3.53. The smallest absolute Gasteiger partial charge is 0.221 e. The first kappa shape index (κ1) is 14.3. The largest absolute Gasteiger partial charge is 0.378 e. The van der Waals surface area contributed by atoms with Crippen molar-refractivity contribution in [2.45, 2.75) is 44.7 Å². The molecule has 2 heterocycles. The molecule has 2 unspecified atom stereocenters. The average Bonchev–Trinajstić information content (AvgIpc) is 2.85. The molecule has 2 saturated heterocycles. The van der Waals surface area contributed by atoms with Gasteiger partial charge in [-0.3, -0.25) is 9.69 Å². The number of nitrogens with zero attached hydrogens (tertiary/aromatic N) is 1. The number of anilines is 2. The number of amides is 1. The molecule has 0 radical (unpaired) electrons. The molecule has 21 heavy (non-hydrogen) atoms. The van der Waals surface area contributed by atoms with Gasteiger partial charge in [0, 0.05) is 31.2 Å². The van der Waals surface area contributed by atoms with E-state index < -0.39 is 0 Å². The number of fused-ring (bicyclic) bond motifs is 1. The van der Waals surface area contributed by atoms with Crippen molar-refractivity contribution in [3.63, 3.8) is 0 Å². The van der Waals surface area contributed by atoms with E-state index in [1.807, 2.05) is 0 Å². The number of hydrogen-bond acceptors (Lipinski definition) is 3. The number of rotatable bonds is 3. The Balaban J connectivity index is 1.73. The van der Waals surface area contributed by atoms with Crippen LogP contribution in [0.4, 0.5) is 15.8 Å². The maximum absolute atomic E-state index is 14.0. The fourth-order valence-electron chi connectivity index (χ4n) is 3.53. The van der Waals surface area contributed by atoms with Gasteiger partial charge in [-0.25, -0.2) is 4.39 Å². The summed E-state index contributed by atoms with van der Waals surface area (Å²) in [6.07, 6.45) is 4.77. The van der Waals surface area contributed by atoms with E-state index >= 15 is 0 Å². The highest BCUT2D eigenvalue weighted by molar-refractivity contribution is 5.89. The maximum Gasteiger partial charge on any atom is 0.221 e. The number of piperidine rings is 1. The summed E-state index contributed by atoms with van der Waals surface area (Å²) < 4.78 is 14.0. The summed E-state index contributed by atoms with van der Waals surface area (Å²) in [5.41, 5.74) is 1.11. The van der Waals surface area contributed by atoms with Crippen molar-refractivity contribution in [1.82, 2.24) is 4.90 Å². The lowest BCUT2D eigenvalue weighted by Gasteiger charge is -2.33. The Morgan fingerprint density at radius 1 is 1.29 bits per heavy atom. The second-order valence-electron chi connectivity index (χ2n) is 6.01. The van der Waals surface area contributed by atoms with Crippen LogP contribution in [-0.2, 0) is 4.79 Å². The SMILES string of the molecule is CC(=O)Nc1ccc(F)c(NC2CCN3CCCCC23)c1. The summed E-state index contributed by atoms with van der Waals surface area (Å²) in [5.74, 6) is -0.412. The molecule has 2 atom stereocenters. The van der Waals surface area contributed by atoms with Crippen LogP contribution in [0.1, 0.15) is 32.6 Å². The van der Waals surface area contributed by atoms with E-state index in [1.165, 1.54) is 32.3 Å². The third-order valence-electron chi connectivity index (χ3n) is 4.48. The summed E-state index contributed by atoms with van der Waals surface area (Å²) in [4.78, 5) is 13.6. The number of hydrogen-bond donors (Lipinski definition) is 2. The van der Waals surface area contributed by atoms with Gasteiger partial charge in [-0.2, -0.15) is 0 Å². The Hall–Kier alpha value is -1.62. The van der Waals surface area contributed by atoms with E-state index in [-0.39, 0.29) is 11.7 Å². The number of nitrogens with one attached hydrogen (secondary N) is 2. The van der Waals surface area contributed by atoms with Gasteiger partial charge in [0.1, 0.15) is 5.82 Å². The van der Waals surface area contributed by atoms with Gasteiger partial charge in [0.25, 0.3) is 0 Å². The predicted octanol–water partition coefficient (Wildman–Crippen LogP) is 2.82. The summed E-state index contributed by atoms with van der Waals surface area (Å²) in [7, 11) is 0. The molecule has 2 aliphatic rings. The van der Waals surface area contributed by atoms with Crippen LogP contribution in [-0.4, -0.2) is 36.0 Å². The molecule has 2 fully saturated rings. The van der Waals surface area contributed by atoms with Crippen molar-refractivity contribution in [1.29, 1.82) is 0 Å². The zero-order valence-electron chi connectivity index (χ0n) is 12.4. The number of carbonyl (C=O) groups excluding carboxylic acids is 1. The Morgan fingerprint density at radius 3 is 2.95 bits per heavy atom. The summed E-state index contributed by atoms with van der Waals surface area (Å²) in [6.45, 7) is 3.71. The number of carbonyl (C=O) groups is 1. The molecule has 0 aromatic heterocycles. The number of halogens is 1. The van der Waals surface area contributed by atoms with E-state index in [2.05, 4.69) is 15.5 Å². The Kier molecular flexibility index (Phi) is 4.10. The monoisotopic (exact) mass is 291 g/mol. The van der Waals surface area contributed by atoms with Crippen LogP contribution >= 0.6 is 0 Å². The van der Waals surface area contributed by atoms with Crippen LogP contribution < -0.4 is 10.6 Å². The molecule has 5 heteroatoms. The van der Waals surface area contributed by atoms with Gasteiger partial charge >= 0.3 is 0 Å². The van der Waals surface area contributed by atoms with Crippen molar-refractivity contribution < 1.29 is 9.18 Å². The van der Waals surface area contributed by atoms with Gasteiger partial charge < -0.3 is 10.6 Å². The molecule has 0 saturated carbocycles. The second-order valence-corrected chi connectivity index (χ2v) is 6.01. The highest BCUT2D eigenvalue weighted by Gasteiger charge is 2.35. The van der Waals surface area contributed by atoms with Crippen molar-refractivity contribution in [2.75, 3.05) is 23.7 Å². The molecule has 4 nitrogen and oxygen atoms in total. The fraction of sp³-hybridized carbons (Fsp3) is 0.562. The molecule has 1 amide bonds. The third-order valence-corrected chi connectivity index (χ3v) is 4.48. The highest BCUT2D eigenvalue weighted by atomic mass is 19.1. The van der Waals surface area contributed by atoms with Crippen LogP contribution in [0.5, 0.6) is 0 Å². The molecule has 0 aliphatic carbocycles. The predicted molar refractivity (Wildman–Crippen MR) is 81.9 cm³/mol. The normalized spacial score (nSPS) is 25.4. The molecule has 1 aromatic rings. The van der Waals surface area contributed by atoms with E-state index in [4.69, 9.17) is 0 Å². The minimum absolute atomic E-state index is 0.146. The first-order valence-electron chi connectivity index (χ1n) is 7.71. The maximum atomic E-state index is 14.0. The molecule has 1 aromatic carbocycles. The second kappa shape index (κ2) is 6.02. The standard InChI is InChI=1S/C16H22FN3O/c1-11(21)18-12-5-6-13(17)15(10-12)19-14-7-9-20-8-3-2-4-16(14)20/h5-6,10,14,16,19H,2-4,7-9H2,1H3,(H,18,21). The lowest BCUT2D eigenvalue weighted by Crippen LogP contribution is -2.41. The molecule has 0 bridgehead atoms. The Morgan fingerprint density at radius 2 is 2.14 bits per heavy atom. The van der Waals surface area contributed by atoms with E-state index in [0.29, 0.717) is 23.5 Å². The van der Waals surface area contributed by atoms with Crippen LogP contribution in [0.2, 0.25) is 0 Å². The molecule has 2 aliphatic heterocycles. The molecular weight excluding hydrogens is 269 g/mol. The van der Waals surface area contributed by atoms with E-state index in [9.17, 15) is 9.18 Å². The van der Waals surface area contributed by atoms with Crippen LogP contribution in [0.15, 0.2) is 18.2 Å². The molecule has 0 spiro atoms. The van der Waals surface area contributed by atoms with Gasteiger partial charge in [0.15, 0.2) is 0 Å². The van der Waals surface area contributed by atoms with Gasteiger partial charge in [0.2, 0.25) is 5.91 Å². The van der Waals surface area contributed by atoms with Crippen molar-refractivity contribution >= 4 is 17.3 Å². The summed E-state index contributed by atoms with van der Waals surface area (Å²) in [6, 6.07) is 5.49. The zero-order valence-corrected chi connectivity index (χ0v) is 12.4. The van der Waals surface area contributed by atoms with Gasteiger partial charge in [-0.05, 0) is 44.0 Å². The van der Waals surface area contributed by atoms with Crippen molar-refractivity contribution in [3.05, 3.63) is 24.0 Å². The van der Waals surface area contributed by atoms with E-state index in [1.54, 1.807) is 12.1 Å². The summed E-state index contributed by atoms with van der Waals surface area (Å²) >= 11 is 0. The Bertz CT molecular complexity index is 534. The molecule has 2 N–H and O–H groups in total.